The maximum Gasteiger partial charge on any atom is 0.500 e. The number of rotatable bonds is 1. The minimum absolute atomic E-state index is 0.505. The van der Waals surface area contributed by atoms with E-state index in [-0.39, 0.29) is 0 Å². The highest BCUT2D eigenvalue weighted by molar-refractivity contribution is 14.1. The minimum atomic E-state index is -1.43. The first kappa shape index (κ1) is 10.8. The van der Waals surface area contributed by atoms with E-state index in [1.807, 2.05) is 18.2 Å². The highest BCUT2D eigenvalue weighted by atomic mass is 127. The summed E-state index contributed by atoms with van der Waals surface area (Å²) >= 11 is 7.86. The average Bonchev–Trinajstić information content (AvgIpc) is 2.43. The third-order valence-corrected chi connectivity index (χ3v) is 4.38. The Labute approximate surface area is 105 Å². The molecule has 0 spiro atoms. The molecule has 1 aromatic heterocycles. The van der Waals surface area contributed by atoms with E-state index in [0.29, 0.717) is 9.67 Å². The van der Waals surface area contributed by atoms with Crippen molar-refractivity contribution in [2.24, 2.45) is 0 Å². The van der Waals surface area contributed by atoms with Gasteiger partial charge in [0.2, 0.25) is 0 Å². The number of fused-ring (bicyclic) bond motifs is 1. The second-order valence-corrected chi connectivity index (χ2v) is 5.61. The maximum absolute atomic E-state index is 9.09. The predicted octanol–water partition coefficient (Wildman–Crippen LogP) is 1.47. The molecule has 0 aliphatic rings. The second kappa shape index (κ2) is 4.01. The Morgan fingerprint density at radius 3 is 2.71 bits per heavy atom. The first-order valence-electron chi connectivity index (χ1n) is 3.86. The minimum Gasteiger partial charge on any atom is -0.423 e. The molecule has 0 atom stereocenters. The van der Waals surface area contributed by atoms with Crippen molar-refractivity contribution >= 4 is 68.5 Å². The Kier molecular flexibility index (Phi) is 3.08. The first-order valence-corrected chi connectivity index (χ1v) is 6.21. The molecule has 72 valence electrons. The standard InChI is InChI=1S/C8H6BIO2S2/c10-4-1-2-5-6(3-4)14-8(7(5)13)9(11)12/h1-3,11-13H. The lowest BCUT2D eigenvalue weighted by Gasteiger charge is -1.94. The van der Waals surface area contributed by atoms with Gasteiger partial charge < -0.3 is 10.0 Å². The van der Waals surface area contributed by atoms with E-state index in [4.69, 9.17) is 10.0 Å². The van der Waals surface area contributed by atoms with Crippen LogP contribution in [0, 0.1) is 3.57 Å². The van der Waals surface area contributed by atoms with Crippen molar-refractivity contribution in [3.8, 4) is 0 Å². The van der Waals surface area contributed by atoms with Crippen LogP contribution in [0.5, 0.6) is 0 Å². The summed E-state index contributed by atoms with van der Waals surface area (Å²) in [7, 11) is -1.43. The van der Waals surface area contributed by atoms with Crippen LogP contribution in [0.1, 0.15) is 0 Å². The Morgan fingerprint density at radius 2 is 2.07 bits per heavy atom. The van der Waals surface area contributed by atoms with Gasteiger partial charge in [-0.15, -0.1) is 24.0 Å². The van der Waals surface area contributed by atoms with Crippen LogP contribution in [0.15, 0.2) is 23.1 Å². The number of thiophene rings is 1. The van der Waals surface area contributed by atoms with E-state index in [1.54, 1.807) is 0 Å². The molecule has 1 heterocycles. The van der Waals surface area contributed by atoms with Gasteiger partial charge in [0.15, 0.2) is 0 Å². The normalized spacial score (nSPS) is 10.9. The van der Waals surface area contributed by atoms with Crippen molar-refractivity contribution in [2.75, 3.05) is 0 Å². The van der Waals surface area contributed by atoms with E-state index in [2.05, 4.69) is 35.2 Å². The molecule has 0 amide bonds. The van der Waals surface area contributed by atoms with E-state index in [0.717, 1.165) is 13.7 Å². The number of hydrogen-bond donors (Lipinski definition) is 3. The van der Waals surface area contributed by atoms with Crippen molar-refractivity contribution in [1.82, 2.24) is 0 Å². The zero-order valence-corrected chi connectivity index (χ0v) is 10.8. The smallest absolute Gasteiger partial charge is 0.423 e. The second-order valence-electron chi connectivity index (χ2n) is 2.83. The largest absolute Gasteiger partial charge is 0.500 e. The zero-order chi connectivity index (χ0) is 10.3. The molecule has 0 fully saturated rings. The van der Waals surface area contributed by atoms with Gasteiger partial charge in [0.25, 0.3) is 0 Å². The summed E-state index contributed by atoms with van der Waals surface area (Å²) in [4.78, 5) is 0.663. The van der Waals surface area contributed by atoms with Gasteiger partial charge in [0.1, 0.15) is 0 Å². The van der Waals surface area contributed by atoms with Gasteiger partial charge in [-0.2, -0.15) is 0 Å². The molecular formula is C8H6BIO2S2. The maximum atomic E-state index is 9.09. The van der Waals surface area contributed by atoms with Crippen LogP contribution < -0.4 is 4.78 Å². The molecular weight excluding hydrogens is 330 g/mol. The molecule has 0 aliphatic heterocycles. The van der Waals surface area contributed by atoms with Crippen molar-refractivity contribution in [1.29, 1.82) is 0 Å². The zero-order valence-electron chi connectivity index (χ0n) is 6.94. The van der Waals surface area contributed by atoms with Crippen LogP contribution in [0.25, 0.3) is 10.1 Å². The van der Waals surface area contributed by atoms with Gasteiger partial charge in [0.05, 0.1) is 0 Å². The van der Waals surface area contributed by atoms with Gasteiger partial charge in [0, 0.05) is 23.3 Å². The Balaban J connectivity index is 2.73. The summed E-state index contributed by atoms with van der Waals surface area (Å²) in [5, 5.41) is 19.2. The fraction of sp³-hybridized carbons (Fsp3) is 0. The van der Waals surface area contributed by atoms with Crippen LogP contribution in [0.3, 0.4) is 0 Å². The summed E-state index contributed by atoms with van der Waals surface area (Å²) in [6, 6.07) is 5.93. The van der Waals surface area contributed by atoms with Crippen LogP contribution in [0.2, 0.25) is 0 Å². The highest BCUT2D eigenvalue weighted by Gasteiger charge is 2.19. The molecule has 1 aromatic carbocycles. The number of halogens is 1. The molecule has 0 saturated carbocycles. The third kappa shape index (κ3) is 1.81. The van der Waals surface area contributed by atoms with Gasteiger partial charge >= 0.3 is 7.12 Å². The quantitative estimate of drug-likeness (QED) is 0.419. The predicted molar refractivity (Wildman–Crippen MR) is 71.6 cm³/mol. The van der Waals surface area contributed by atoms with Crippen molar-refractivity contribution in [3.05, 3.63) is 21.8 Å². The fourth-order valence-corrected chi connectivity index (χ4v) is 3.49. The van der Waals surface area contributed by atoms with Crippen LogP contribution in [0.4, 0.5) is 0 Å². The lowest BCUT2D eigenvalue weighted by atomic mass is 9.89. The molecule has 2 aromatic rings. The van der Waals surface area contributed by atoms with Crippen LogP contribution in [-0.4, -0.2) is 17.2 Å². The first-order chi connectivity index (χ1) is 6.59. The molecule has 2 N–H and O–H groups in total. The van der Waals surface area contributed by atoms with Crippen LogP contribution >= 0.6 is 46.6 Å². The molecule has 0 radical (unpaired) electrons. The molecule has 0 bridgehead atoms. The summed E-state index contributed by atoms with van der Waals surface area (Å²) in [5.41, 5.74) is 0. The number of benzene rings is 1. The summed E-state index contributed by atoms with van der Waals surface area (Å²) in [5.74, 6) is 0. The Bertz CT molecular complexity index is 483. The molecule has 2 nitrogen and oxygen atoms in total. The molecule has 0 unspecified atom stereocenters. The topological polar surface area (TPSA) is 40.5 Å². The molecule has 14 heavy (non-hydrogen) atoms. The van der Waals surface area contributed by atoms with Crippen LogP contribution in [-0.2, 0) is 0 Å². The summed E-state index contributed by atoms with van der Waals surface area (Å²) in [6.07, 6.45) is 0. The van der Waals surface area contributed by atoms with E-state index in [9.17, 15) is 0 Å². The van der Waals surface area contributed by atoms with E-state index >= 15 is 0 Å². The third-order valence-electron chi connectivity index (χ3n) is 1.89. The van der Waals surface area contributed by atoms with Crippen molar-refractivity contribution in [3.63, 3.8) is 0 Å². The Morgan fingerprint density at radius 1 is 1.36 bits per heavy atom. The molecule has 0 saturated heterocycles. The van der Waals surface area contributed by atoms with Gasteiger partial charge in [-0.1, -0.05) is 6.07 Å². The number of thiol groups is 1. The van der Waals surface area contributed by atoms with E-state index < -0.39 is 7.12 Å². The van der Waals surface area contributed by atoms with Gasteiger partial charge in [-0.25, -0.2) is 0 Å². The highest BCUT2D eigenvalue weighted by Crippen LogP contribution is 2.28. The van der Waals surface area contributed by atoms with Gasteiger partial charge in [-0.3, -0.25) is 0 Å². The van der Waals surface area contributed by atoms with E-state index in [1.165, 1.54) is 11.3 Å². The lowest BCUT2D eigenvalue weighted by Crippen LogP contribution is -2.27. The Hall–Kier alpha value is 0.245. The SMILES string of the molecule is OB(O)c1sc2cc(I)ccc2c1S. The average molecular weight is 336 g/mol. The number of hydrogen-bond acceptors (Lipinski definition) is 4. The fourth-order valence-electron chi connectivity index (χ4n) is 1.25. The van der Waals surface area contributed by atoms with Crippen molar-refractivity contribution < 1.29 is 10.0 Å². The monoisotopic (exact) mass is 336 g/mol. The lowest BCUT2D eigenvalue weighted by molar-refractivity contribution is 0.426. The summed E-state index contributed by atoms with van der Waals surface area (Å²) < 4.78 is 2.67. The summed E-state index contributed by atoms with van der Waals surface area (Å²) in [6.45, 7) is 0. The van der Waals surface area contributed by atoms with Crippen molar-refractivity contribution in [2.45, 2.75) is 4.90 Å². The van der Waals surface area contributed by atoms with Gasteiger partial charge in [-0.05, 0) is 34.7 Å². The molecule has 2 rings (SSSR count). The molecule has 6 heteroatoms. The molecule has 0 aliphatic carbocycles.